The van der Waals surface area contributed by atoms with E-state index >= 15 is 0 Å². The average Bonchev–Trinajstić information content (AvgIpc) is 2.61. The van der Waals surface area contributed by atoms with E-state index in [1.54, 1.807) is 31.6 Å². The minimum Gasteiger partial charge on any atom is -0.359 e. The molecule has 1 saturated carbocycles. The molecular formula is C17H19F3N4O. The summed E-state index contributed by atoms with van der Waals surface area (Å²) in [6.45, 7) is 0. The molecular weight excluding hydrogens is 333 g/mol. The van der Waals surface area contributed by atoms with Crippen LogP contribution in [0.15, 0.2) is 29.3 Å². The highest BCUT2D eigenvalue weighted by atomic mass is 19.4. The molecule has 2 aromatic rings. The lowest BCUT2D eigenvalue weighted by molar-refractivity contribution is -0.182. The van der Waals surface area contributed by atoms with E-state index in [0.29, 0.717) is 35.6 Å². The maximum absolute atomic E-state index is 12.9. The van der Waals surface area contributed by atoms with Gasteiger partial charge >= 0.3 is 6.18 Å². The highest BCUT2D eigenvalue weighted by molar-refractivity contribution is 5.65. The monoisotopic (exact) mass is 352 g/mol. The topological polar surface area (TPSA) is 70.7 Å². The lowest BCUT2D eigenvalue weighted by atomic mass is 9.78. The van der Waals surface area contributed by atoms with Crippen LogP contribution in [-0.4, -0.2) is 28.2 Å². The van der Waals surface area contributed by atoms with Gasteiger partial charge in [0.1, 0.15) is 0 Å². The summed E-state index contributed by atoms with van der Waals surface area (Å²) in [5, 5.41) is 2.80. The fraction of sp³-hybridized carbons (Fsp3) is 0.471. The molecule has 1 aliphatic carbocycles. The predicted octanol–water partition coefficient (Wildman–Crippen LogP) is 3.71. The van der Waals surface area contributed by atoms with Crippen molar-refractivity contribution in [3.63, 3.8) is 0 Å². The first-order valence-corrected chi connectivity index (χ1v) is 8.19. The lowest BCUT2D eigenvalue weighted by Gasteiger charge is -2.30. The molecule has 0 atom stereocenters. The van der Waals surface area contributed by atoms with Crippen LogP contribution in [0.3, 0.4) is 0 Å². The number of nitrogens with one attached hydrogen (secondary N) is 2. The van der Waals surface area contributed by atoms with Gasteiger partial charge < -0.3 is 5.32 Å². The van der Waals surface area contributed by atoms with Crippen molar-refractivity contribution in [2.45, 2.75) is 37.8 Å². The third kappa shape index (κ3) is 3.67. The van der Waals surface area contributed by atoms with Crippen LogP contribution in [0.5, 0.6) is 0 Å². The quantitative estimate of drug-likeness (QED) is 0.883. The Bertz CT molecular complexity index is 781. The maximum Gasteiger partial charge on any atom is 0.391 e. The van der Waals surface area contributed by atoms with Gasteiger partial charge in [-0.1, -0.05) is 0 Å². The van der Waals surface area contributed by atoms with Crippen molar-refractivity contribution in [1.29, 1.82) is 0 Å². The molecule has 0 aromatic carbocycles. The normalized spacial score (nSPS) is 21.1. The molecule has 0 saturated heterocycles. The van der Waals surface area contributed by atoms with Crippen molar-refractivity contribution in [1.82, 2.24) is 15.0 Å². The van der Waals surface area contributed by atoms with Crippen molar-refractivity contribution >= 4 is 5.95 Å². The third-order valence-corrected chi connectivity index (χ3v) is 4.73. The Kier molecular flexibility index (Phi) is 4.78. The zero-order valence-corrected chi connectivity index (χ0v) is 13.7. The number of hydrogen-bond acceptors (Lipinski definition) is 4. The van der Waals surface area contributed by atoms with Crippen molar-refractivity contribution in [2.24, 2.45) is 5.92 Å². The van der Waals surface area contributed by atoms with Crippen LogP contribution < -0.4 is 10.9 Å². The van der Waals surface area contributed by atoms with E-state index in [2.05, 4.69) is 20.3 Å². The smallest absolute Gasteiger partial charge is 0.359 e. The summed E-state index contributed by atoms with van der Waals surface area (Å²) >= 11 is 0. The van der Waals surface area contributed by atoms with Crippen molar-refractivity contribution in [2.75, 3.05) is 12.4 Å². The molecule has 25 heavy (non-hydrogen) atoms. The fourth-order valence-corrected chi connectivity index (χ4v) is 3.40. The molecule has 134 valence electrons. The molecule has 1 aliphatic rings. The van der Waals surface area contributed by atoms with Gasteiger partial charge in [-0.3, -0.25) is 14.8 Å². The molecule has 0 aliphatic heterocycles. The molecule has 0 amide bonds. The summed E-state index contributed by atoms with van der Waals surface area (Å²) in [7, 11) is 1.63. The number of anilines is 1. The van der Waals surface area contributed by atoms with E-state index in [0.717, 1.165) is 0 Å². The van der Waals surface area contributed by atoms with Crippen LogP contribution >= 0.6 is 0 Å². The second-order valence-corrected chi connectivity index (χ2v) is 6.25. The number of aromatic amines is 1. The Morgan fingerprint density at radius 2 is 1.80 bits per heavy atom. The van der Waals surface area contributed by atoms with E-state index < -0.39 is 12.1 Å². The minimum absolute atomic E-state index is 0.0628. The highest BCUT2D eigenvalue weighted by Crippen LogP contribution is 2.43. The Hall–Kier alpha value is -2.38. The van der Waals surface area contributed by atoms with Crippen molar-refractivity contribution in [3.05, 3.63) is 40.6 Å². The zero-order chi connectivity index (χ0) is 18.0. The van der Waals surface area contributed by atoms with Crippen molar-refractivity contribution < 1.29 is 13.2 Å². The summed E-state index contributed by atoms with van der Waals surface area (Å²) in [5.41, 5.74) is 1.33. The van der Waals surface area contributed by atoms with E-state index in [1.165, 1.54) is 0 Å². The number of pyridine rings is 1. The second-order valence-electron chi connectivity index (χ2n) is 6.25. The molecule has 3 rings (SSSR count). The molecule has 2 heterocycles. The first-order chi connectivity index (χ1) is 11.9. The standard InChI is InChI=1S/C17H19F3N4O/c1-21-16-23-14(11-2-4-12(5-3-11)17(18,19)20)13(15(25)24-16)10-6-8-22-9-7-10/h6-9,11-12H,2-5H2,1H3,(H2,21,23,24,25)/t11-,12+. The average molecular weight is 352 g/mol. The van der Waals surface area contributed by atoms with E-state index in [-0.39, 0.29) is 24.3 Å². The number of hydrogen-bond donors (Lipinski definition) is 2. The Morgan fingerprint density at radius 1 is 1.16 bits per heavy atom. The summed E-state index contributed by atoms with van der Waals surface area (Å²) in [6, 6.07) is 3.41. The van der Waals surface area contributed by atoms with E-state index in [4.69, 9.17) is 0 Å². The molecule has 0 spiro atoms. The maximum atomic E-state index is 12.9. The molecule has 5 nitrogen and oxygen atoms in total. The van der Waals surface area contributed by atoms with Gasteiger partial charge in [0.05, 0.1) is 17.2 Å². The van der Waals surface area contributed by atoms with Crippen LogP contribution in [0.25, 0.3) is 11.1 Å². The largest absolute Gasteiger partial charge is 0.391 e. The molecule has 2 N–H and O–H groups in total. The number of H-pyrrole nitrogens is 1. The lowest BCUT2D eigenvalue weighted by Crippen LogP contribution is -2.28. The number of nitrogens with zero attached hydrogens (tertiary/aromatic N) is 2. The zero-order valence-electron chi connectivity index (χ0n) is 13.7. The number of alkyl halides is 3. The number of aromatic nitrogens is 3. The van der Waals surface area contributed by atoms with Crippen LogP contribution in [-0.2, 0) is 0 Å². The van der Waals surface area contributed by atoms with Gasteiger partial charge in [-0.05, 0) is 43.4 Å². The highest BCUT2D eigenvalue weighted by Gasteiger charge is 2.42. The number of halogens is 3. The van der Waals surface area contributed by atoms with Gasteiger partial charge in [0, 0.05) is 25.4 Å². The molecule has 0 radical (unpaired) electrons. The van der Waals surface area contributed by atoms with E-state index in [9.17, 15) is 18.0 Å². The van der Waals surface area contributed by atoms with Gasteiger partial charge in [0.15, 0.2) is 0 Å². The predicted molar refractivity (Wildman–Crippen MR) is 88.4 cm³/mol. The Balaban J connectivity index is 1.98. The Morgan fingerprint density at radius 3 is 2.36 bits per heavy atom. The third-order valence-electron chi connectivity index (χ3n) is 4.73. The molecule has 8 heteroatoms. The summed E-state index contributed by atoms with van der Waals surface area (Å²) in [5.74, 6) is -1.12. The van der Waals surface area contributed by atoms with Crippen LogP contribution in [0.2, 0.25) is 0 Å². The second kappa shape index (κ2) is 6.85. The minimum atomic E-state index is -4.16. The van der Waals surface area contributed by atoms with Gasteiger partial charge in [-0.25, -0.2) is 4.98 Å². The fourth-order valence-electron chi connectivity index (χ4n) is 3.40. The molecule has 2 aromatic heterocycles. The van der Waals surface area contributed by atoms with Crippen LogP contribution in [0.4, 0.5) is 19.1 Å². The first-order valence-electron chi connectivity index (χ1n) is 8.19. The van der Waals surface area contributed by atoms with Crippen LogP contribution in [0, 0.1) is 5.92 Å². The SMILES string of the molecule is CNc1nc([C@H]2CC[C@@H](C(F)(F)F)CC2)c(-c2ccncc2)c(=O)[nH]1. The van der Waals surface area contributed by atoms with E-state index in [1.807, 2.05) is 0 Å². The summed E-state index contributed by atoms with van der Waals surface area (Å²) in [6.07, 6.45) is -0.156. The Labute approximate surface area is 142 Å². The van der Waals surface area contributed by atoms with Crippen molar-refractivity contribution in [3.8, 4) is 11.1 Å². The van der Waals surface area contributed by atoms with Crippen LogP contribution in [0.1, 0.15) is 37.3 Å². The van der Waals surface area contributed by atoms with Gasteiger partial charge in [0.25, 0.3) is 5.56 Å². The first kappa shape index (κ1) is 17.4. The van der Waals surface area contributed by atoms with Gasteiger partial charge in [-0.15, -0.1) is 0 Å². The number of rotatable bonds is 3. The van der Waals surface area contributed by atoms with Gasteiger partial charge in [0.2, 0.25) is 5.95 Å². The molecule has 1 fully saturated rings. The summed E-state index contributed by atoms with van der Waals surface area (Å²) < 4.78 is 38.7. The molecule has 0 unspecified atom stereocenters. The molecule has 0 bridgehead atoms. The summed E-state index contributed by atoms with van der Waals surface area (Å²) in [4.78, 5) is 23.6. The van der Waals surface area contributed by atoms with Gasteiger partial charge in [-0.2, -0.15) is 13.2 Å².